The molecule has 0 aliphatic heterocycles. The molecule has 1 nitrogen and oxygen atoms in total. The van der Waals surface area contributed by atoms with E-state index in [9.17, 15) is 0 Å². The van der Waals surface area contributed by atoms with Crippen LogP contribution in [0.4, 0.5) is 0 Å². The van der Waals surface area contributed by atoms with E-state index in [4.69, 9.17) is 11.6 Å². The Morgan fingerprint density at radius 1 is 1.36 bits per heavy atom. The monoisotopic (exact) mass is 203 g/mol. The van der Waals surface area contributed by atoms with E-state index in [0.29, 0.717) is 5.15 Å². The Morgan fingerprint density at radius 3 is 2.86 bits per heavy atom. The van der Waals surface area contributed by atoms with Crippen molar-refractivity contribution in [2.45, 2.75) is 6.92 Å². The van der Waals surface area contributed by atoms with Crippen LogP contribution in [-0.2, 0) is 0 Å². The van der Waals surface area contributed by atoms with Gasteiger partial charge >= 0.3 is 0 Å². The quantitative estimate of drug-likeness (QED) is 0.642. The summed E-state index contributed by atoms with van der Waals surface area (Å²) in [5.41, 5.74) is 2.06. The lowest BCUT2D eigenvalue weighted by Crippen LogP contribution is -1.85. The molecule has 2 aromatic rings. The molecule has 0 atom stereocenters. The second kappa shape index (κ2) is 3.43. The van der Waals surface area contributed by atoms with Crippen molar-refractivity contribution < 1.29 is 0 Å². The number of benzene rings is 1. The van der Waals surface area contributed by atoms with Crippen LogP contribution >= 0.6 is 11.6 Å². The number of fused-ring (bicyclic) bond motifs is 1. The summed E-state index contributed by atoms with van der Waals surface area (Å²) in [5, 5.41) is 2.72. The first-order valence-corrected chi connectivity index (χ1v) is 4.78. The smallest absolute Gasteiger partial charge is 0.130 e. The van der Waals surface area contributed by atoms with Crippen molar-refractivity contribution in [2.75, 3.05) is 0 Å². The van der Waals surface area contributed by atoms with E-state index < -0.39 is 0 Å². The summed E-state index contributed by atoms with van der Waals surface area (Å²) in [5.74, 6) is 0. The molecule has 0 aliphatic carbocycles. The number of pyridine rings is 1. The molecule has 2 rings (SSSR count). The molecule has 0 unspecified atom stereocenters. The fourth-order valence-electron chi connectivity index (χ4n) is 1.53. The molecule has 1 aromatic heterocycles. The topological polar surface area (TPSA) is 12.9 Å². The van der Waals surface area contributed by atoms with Gasteiger partial charge in [-0.05, 0) is 24.5 Å². The van der Waals surface area contributed by atoms with E-state index in [2.05, 4.69) is 30.6 Å². The zero-order chi connectivity index (χ0) is 10.1. The van der Waals surface area contributed by atoms with E-state index in [0.717, 1.165) is 16.5 Å². The van der Waals surface area contributed by atoms with Gasteiger partial charge in [0.2, 0.25) is 0 Å². The summed E-state index contributed by atoms with van der Waals surface area (Å²) in [7, 11) is 0. The number of hydrogen-bond acceptors (Lipinski definition) is 1. The van der Waals surface area contributed by atoms with Gasteiger partial charge in [0, 0.05) is 5.39 Å². The third-order valence-electron chi connectivity index (χ3n) is 2.18. The molecule has 0 bridgehead atoms. The van der Waals surface area contributed by atoms with Gasteiger partial charge in [0.1, 0.15) is 5.15 Å². The Morgan fingerprint density at radius 2 is 2.14 bits per heavy atom. The molecule has 1 aromatic carbocycles. The van der Waals surface area contributed by atoms with Crippen LogP contribution in [0.1, 0.15) is 11.3 Å². The minimum absolute atomic E-state index is 0.512. The van der Waals surface area contributed by atoms with Crippen molar-refractivity contribution in [3.05, 3.63) is 47.3 Å². The van der Waals surface area contributed by atoms with Crippen LogP contribution in [0.15, 0.2) is 30.8 Å². The van der Waals surface area contributed by atoms with Gasteiger partial charge in [0.05, 0.1) is 5.69 Å². The third kappa shape index (κ3) is 1.51. The summed E-state index contributed by atoms with van der Waals surface area (Å²) >= 11 is 5.90. The second-order valence-corrected chi connectivity index (χ2v) is 3.65. The highest BCUT2D eigenvalue weighted by Gasteiger charge is 2.01. The van der Waals surface area contributed by atoms with E-state index in [1.165, 1.54) is 5.56 Å². The molecule has 0 aliphatic rings. The number of halogens is 1. The highest BCUT2D eigenvalue weighted by Crippen LogP contribution is 2.22. The lowest BCUT2D eigenvalue weighted by Gasteiger charge is -2.03. The molecule has 0 N–H and O–H groups in total. The zero-order valence-corrected chi connectivity index (χ0v) is 8.67. The van der Waals surface area contributed by atoms with Crippen LogP contribution in [0, 0.1) is 6.92 Å². The molecule has 70 valence electrons. The Labute approximate surface area is 88.0 Å². The molecule has 2 heteroatoms. The van der Waals surface area contributed by atoms with Crippen molar-refractivity contribution in [3.63, 3.8) is 0 Å². The molecule has 0 amide bonds. The van der Waals surface area contributed by atoms with E-state index in [1.54, 1.807) is 6.08 Å². The summed E-state index contributed by atoms with van der Waals surface area (Å²) in [4.78, 5) is 4.20. The molecule has 0 saturated heterocycles. The highest BCUT2D eigenvalue weighted by atomic mass is 35.5. The fraction of sp³-hybridized carbons (Fsp3) is 0.0833. The molecule has 0 radical (unpaired) electrons. The number of hydrogen-bond donors (Lipinski definition) is 0. The van der Waals surface area contributed by atoms with Crippen LogP contribution in [0.5, 0.6) is 0 Å². The summed E-state index contributed by atoms with van der Waals surface area (Å²) in [6.07, 6.45) is 1.73. The van der Waals surface area contributed by atoms with Crippen LogP contribution in [0.3, 0.4) is 0 Å². The van der Waals surface area contributed by atoms with Crippen LogP contribution in [-0.4, -0.2) is 4.98 Å². The number of nitrogens with zero attached hydrogens (tertiary/aromatic N) is 1. The van der Waals surface area contributed by atoms with Gasteiger partial charge in [-0.25, -0.2) is 4.98 Å². The SMILES string of the molecule is C=Cc1nc(Cl)cc2cc(C)ccc12. The van der Waals surface area contributed by atoms with E-state index >= 15 is 0 Å². The Hall–Kier alpha value is -1.34. The average molecular weight is 204 g/mol. The predicted molar refractivity (Wildman–Crippen MR) is 61.6 cm³/mol. The third-order valence-corrected chi connectivity index (χ3v) is 2.37. The Bertz CT molecular complexity index is 498. The first-order valence-electron chi connectivity index (χ1n) is 4.40. The van der Waals surface area contributed by atoms with Crippen molar-refractivity contribution >= 4 is 28.4 Å². The molecule has 1 heterocycles. The van der Waals surface area contributed by atoms with Crippen LogP contribution < -0.4 is 0 Å². The number of aryl methyl sites for hydroxylation is 1. The van der Waals surface area contributed by atoms with Crippen LogP contribution in [0.2, 0.25) is 5.15 Å². The number of rotatable bonds is 1. The first-order chi connectivity index (χ1) is 6.70. The normalized spacial score (nSPS) is 10.4. The maximum absolute atomic E-state index is 5.90. The van der Waals surface area contributed by atoms with Crippen molar-refractivity contribution in [3.8, 4) is 0 Å². The average Bonchev–Trinajstić information content (AvgIpc) is 2.15. The molecule has 14 heavy (non-hydrogen) atoms. The van der Waals surface area contributed by atoms with Gasteiger partial charge in [0.15, 0.2) is 0 Å². The van der Waals surface area contributed by atoms with Crippen molar-refractivity contribution in [1.29, 1.82) is 0 Å². The molecular weight excluding hydrogens is 194 g/mol. The predicted octanol–water partition coefficient (Wildman–Crippen LogP) is 3.84. The largest absolute Gasteiger partial charge is 0.236 e. The van der Waals surface area contributed by atoms with Crippen molar-refractivity contribution in [2.24, 2.45) is 0 Å². The van der Waals surface area contributed by atoms with E-state index in [-0.39, 0.29) is 0 Å². The lowest BCUT2D eigenvalue weighted by atomic mass is 10.1. The fourth-order valence-corrected chi connectivity index (χ4v) is 1.73. The second-order valence-electron chi connectivity index (χ2n) is 3.26. The summed E-state index contributed by atoms with van der Waals surface area (Å²) in [6, 6.07) is 8.07. The van der Waals surface area contributed by atoms with E-state index in [1.807, 2.05) is 12.1 Å². The summed E-state index contributed by atoms with van der Waals surface area (Å²) in [6.45, 7) is 5.78. The molecule has 0 saturated carbocycles. The van der Waals surface area contributed by atoms with Gasteiger partial charge in [-0.3, -0.25) is 0 Å². The highest BCUT2D eigenvalue weighted by molar-refractivity contribution is 6.30. The Kier molecular flexibility index (Phi) is 2.26. The molecular formula is C12H10ClN. The van der Waals surface area contributed by atoms with Gasteiger partial charge in [0.25, 0.3) is 0 Å². The Balaban J connectivity index is 2.87. The minimum atomic E-state index is 0.512. The standard InChI is InChI=1S/C12H10ClN/c1-3-11-10-5-4-8(2)6-9(10)7-12(13)14-11/h3-7H,1H2,2H3. The maximum Gasteiger partial charge on any atom is 0.130 e. The van der Waals surface area contributed by atoms with Gasteiger partial charge in [-0.15, -0.1) is 0 Å². The van der Waals surface area contributed by atoms with Crippen molar-refractivity contribution in [1.82, 2.24) is 4.98 Å². The van der Waals surface area contributed by atoms with Gasteiger partial charge in [-0.2, -0.15) is 0 Å². The molecule has 0 fully saturated rings. The van der Waals surface area contributed by atoms with Crippen LogP contribution in [0.25, 0.3) is 16.8 Å². The summed E-state index contributed by atoms with van der Waals surface area (Å²) < 4.78 is 0. The first kappa shape index (κ1) is 9.22. The van der Waals surface area contributed by atoms with Gasteiger partial charge in [-0.1, -0.05) is 41.9 Å². The minimum Gasteiger partial charge on any atom is -0.236 e. The zero-order valence-electron chi connectivity index (χ0n) is 7.92. The maximum atomic E-state index is 5.90. The lowest BCUT2D eigenvalue weighted by molar-refractivity contribution is 1.33. The van der Waals surface area contributed by atoms with Gasteiger partial charge < -0.3 is 0 Å². The molecule has 0 spiro atoms. The number of aromatic nitrogens is 1.